The van der Waals surface area contributed by atoms with Crippen molar-refractivity contribution in [1.82, 2.24) is 0 Å². The van der Waals surface area contributed by atoms with Gasteiger partial charge in [-0.05, 0) is 6.07 Å². The average Bonchev–Trinajstić information content (AvgIpc) is 2.45. The number of hydrogen-bond donors (Lipinski definition) is 1. The molecule has 0 radical (unpaired) electrons. The minimum absolute atomic E-state index is 0.573. The van der Waals surface area contributed by atoms with Crippen LogP contribution in [0.15, 0.2) is 59.9 Å². The number of oxime groups is 1. The van der Waals surface area contributed by atoms with Crippen LogP contribution in [0.5, 0.6) is 0 Å². The zero-order valence-corrected chi connectivity index (χ0v) is 11.0. The van der Waals surface area contributed by atoms with E-state index >= 15 is 0 Å². The Morgan fingerprint density at radius 2 is 1.61 bits per heavy atom. The fourth-order valence-corrected chi connectivity index (χ4v) is 1.62. The van der Waals surface area contributed by atoms with Crippen LogP contribution in [0.4, 0.5) is 0 Å². The molecule has 0 amide bonds. The van der Waals surface area contributed by atoms with Crippen molar-refractivity contribution in [2.75, 3.05) is 0 Å². The van der Waals surface area contributed by atoms with Crippen LogP contribution in [0.25, 0.3) is 0 Å². The first-order valence-corrected chi connectivity index (χ1v) is 6.05. The Morgan fingerprint density at radius 3 is 2.17 bits per heavy atom. The van der Waals surface area contributed by atoms with Crippen molar-refractivity contribution >= 4 is 5.71 Å². The number of aromatic nitrogens is 1. The Hall–Kier alpha value is -2.16. The van der Waals surface area contributed by atoms with E-state index in [2.05, 4.69) is 5.16 Å². The highest BCUT2D eigenvalue weighted by molar-refractivity contribution is 6.10. The van der Waals surface area contributed by atoms with Crippen molar-refractivity contribution in [2.24, 2.45) is 12.2 Å². The molecule has 0 atom stereocenters. The number of hydrogen-bond acceptors (Lipinski definition) is 2. The lowest BCUT2D eigenvalue weighted by atomic mass is 10.1. The summed E-state index contributed by atoms with van der Waals surface area (Å²) in [7, 11) is 1.92. The first kappa shape index (κ1) is 13.9. The molecule has 0 bridgehead atoms. The van der Waals surface area contributed by atoms with Gasteiger partial charge in [-0.1, -0.05) is 49.3 Å². The maximum absolute atomic E-state index is 9.13. The number of rotatable bonds is 2. The van der Waals surface area contributed by atoms with Gasteiger partial charge in [0.25, 0.3) is 0 Å². The van der Waals surface area contributed by atoms with Crippen molar-refractivity contribution in [2.45, 2.75) is 13.8 Å². The van der Waals surface area contributed by atoms with E-state index in [1.807, 2.05) is 80.2 Å². The Morgan fingerprint density at radius 1 is 1.00 bits per heavy atom. The number of benzene rings is 1. The molecule has 0 aliphatic carbocycles. The number of pyridine rings is 1. The smallest absolute Gasteiger partial charge is 0.234 e. The molecule has 0 saturated carbocycles. The second-order valence-corrected chi connectivity index (χ2v) is 3.51. The standard InChI is InChI=1S/C13H12N2O.C2H6/c1-15-10-6-5-9-12(15)13(14-16)11-7-3-2-4-8-11;1-2/h2-10H,1H3;1-2H3/p+1. The summed E-state index contributed by atoms with van der Waals surface area (Å²) in [6.45, 7) is 4.00. The van der Waals surface area contributed by atoms with E-state index in [1.54, 1.807) is 0 Å². The normalized spacial score (nSPS) is 10.5. The van der Waals surface area contributed by atoms with E-state index in [-0.39, 0.29) is 0 Å². The second kappa shape index (κ2) is 7.22. The molecule has 2 aromatic rings. The summed E-state index contributed by atoms with van der Waals surface area (Å²) in [5, 5.41) is 12.5. The van der Waals surface area contributed by atoms with Crippen molar-refractivity contribution < 1.29 is 9.77 Å². The zero-order valence-electron chi connectivity index (χ0n) is 11.0. The fourth-order valence-electron chi connectivity index (χ4n) is 1.62. The lowest BCUT2D eigenvalue weighted by molar-refractivity contribution is -0.672. The number of aryl methyl sites for hydroxylation is 1. The van der Waals surface area contributed by atoms with E-state index in [1.165, 1.54) is 0 Å². The largest absolute Gasteiger partial charge is 0.410 e. The molecule has 0 aliphatic heterocycles. The predicted octanol–water partition coefficient (Wildman–Crippen LogP) is 2.76. The van der Waals surface area contributed by atoms with Crippen LogP contribution >= 0.6 is 0 Å². The molecule has 1 aromatic heterocycles. The van der Waals surface area contributed by atoms with Gasteiger partial charge in [-0.2, -0.15) is 4.57 Å². The van der Waals surface area contributed by atoms with Crippen LogP contribution in [0, 0.1) is 0 Å². The van der Waals surface area contributed by atoms with Gasteiger partial charge in [0.1, 0.15) is 7.05 Å². The van der Waals surface area contributed by atoms with E-state index in [4.69, 9.17) is 5.21 Å². The molecular weight excluding hydrogens is 224 g/mol. The van der Waals surface area contributed by atoms with Crippen LogP contribution < -0.4 is 4.57 Å². The van der Waals surface area contributed by atoms with Gasteiger partial charge in [-0.15, -0.1) is 0 Å². The Labute approximate surface area is 108 Å². The van der Waals surface area contributed by atoms with Crippen LogP contribution in [-0.2, 0) is 7.05 Å². The fraction of sp³-hybridized carbons (Fsp3) is 0.200. The average molecular weight is 243 g/mol. The van der Waals surface area contributed by atoms with Crippen LogP contribution in [0.2, 0.25) is 0 Å². The maximum Gasteiger partial charge on any atom is 0.234 e. The SMILES string of the molecule is CC.C[n+]1ccccc1/C(=N/O)c1ccccc1. The molecule has 3 heteroatoms. The third-order valence-electron chi connectivity index (χ3n) is 2.44. The van der Waals surface area contributed by atoms with Gasteiger partial charge in [0.15, 0.2) is 11.9 Å². The van der Waals surface area contributed by atoms with Crippen molar-refractivity contribution in [3.63, 3.8) is 0 Å². The van der Waals surface area contributed by atoms with Crippen molar-refractivity contribution in [3.8, 4) is 0 Å². The topological polar surface area (TPSA) is 36.5 Å². The zero-order chi connectivity index (χ0) is 13.4. The first-order valence-electron chi connectivity index (χ1n) is 6.05. The van der Waals surface area contributed by atoms with E-state index in [0.717, 1.165) is 11.3 Å². The maximum atomic E-state index is 9.13. The van der Waals surface area contributed by atoms with E-state index < -0.39 is 0 Å². The molecule has 18 heavy (non-hydrogen) atoms. The van der Waals surface area contributed by atoms with Crippen LogP contribution in [0.3, 0.4) is 0 Å². The highest BCUT2D eigenvalue weighted by Crippen LogP contribution is 2.06. The third kappa shape index (κ3) is 3.17. The molecule has 0 unspecified atom stereocenters. The quantitative estimate of drug-likeness (QED) is 0.374. The summed E-state index contributed by atoms with van der Waals surface area (Å²) in [6.07, 6.45) is 1.92. The highest BCUT2D eigenvalue weighted by atomic mass is 16.4. The first-order chi connectivity index (χ1) is 8.83. The summed E-state index contributed by atoms with van der Waals surface area (Å²) < 4.78 is 1.92. The predicted molar refractivity (Wildman–Crippen MR) is 72.8 cm³/mol. The van der Waals surface area contributed by atoms with Crippen LogP contribution in [-0.4, -0.2) is 10.9 Å². The van der Waals surface area contributed by atoms with Gasteiger partial charge >= 0.3 is 0 Å². The van der Waals surface area contributed by atoms with Gasteiger partial charge in [0.05, 0.1) is 0 Å². The lowest BCUT2D eigenvalue weighted by Gasteiger charge is -2.02. The van der Waals surface area contributed by atoms with Gasteiger partial charge in [0, 0.05) is 17.7 Å². The van der Waals surface area contributed by atoms with Gasteiger partial charge in [-0.25, -0.2) is 0 Å². The van der Waals surface area contributed by atoms with Crippen LogP contribution in [0.1, 0.15) is 25.1 Å². The molecule has 1 heterocycles. The van der Waals surface area contributed by atoms with E-state index in [9.17, 15) is 0 Å². The summed E-state index contributed by atoms with van der Waals surface area (Å²) in [5.41, 5.74) is 2.34. The Bertz CT molecular complexity index is 507. The molecule has 0 fully saturated rings. The van der Waals surface area contributed by atoms with E-state index in [0.29, 0.717) is 5.71 Å². The van der Waals surface area contributed by atoms with Gasteiger partial charge in [0.2, 0.25) is 5.69 Å². The molecule has 0 saturated heterocycles. The Kier molecular flexibility index (Phi) is 5.58. The monoisotopic (exact) mass is 243 g/mol. The summed E-state index contributed by atoms with van der Waals surface area (Å²) in [5.74, 6) is 0. The summed E-state index contributed by atoms with van der Waals surface area (Å²) in [6, 6.07) is 15.4. The third-order valence-corrected chi connectivity index (χ3v) is 2.44. The molecule has 1 aromatic carbocycles. The molecule has 94 valence electrons. The number of nitrogens with zero attached hydrogens (tertiary/aromatic N) is 2. The second-order valence-electron chi connectivity index (χ2n) is 3.51. The molecule has 3 nitrogen and oxygen atoms in total. The van der Waals surface area contributed by atoms with Gasteiger partial charge < -0.3 is 5.21 Å². The van der Waals surface area contributed by atoms with Crippen molar-refractivity contribution in [1.29, 1.82) is 0 Å². The molecule has 1 N–H and O–H groups in total. The Balaban J connectivity index is 0.000000771. The van der Waals surface area contributed by atoms with Crippen molar-refractivity contribution in [3.05, 3.63) is 66.0 Å². The summed E-state index contributed by atoms with van der Waals surface area (Å²) in [4.78, 5) is 0. The molecule has 0 aliphatic rings. The highest BCUT2D eigenvalue weighted by Gasteiger charge is 2.15. The molecule has 2 rings (SSSR count). The van der Waals surface area contributed by atoms with Gasteiger partial charge in [-0.3, -0.25) is 0 Å². The minimum Gasteiger partial charge on any atom is -0.410 e. The minimum atomic E-state index is 0.573. The molecular formula is C15H19N2O+. The summed E-state index contributed by atoms with van der Waals surface area (Å²) >= 11 is 0. The lowest BCUT2D eigenvalue weighted by Crippen LogP contribution is -2.35. The molecule has 0 spiro atoms.